The summed E-state index contributed by atoms with van der Waals surface area (Å²) in [5, 5.41) is 3.47. The summed E-state index contributed by atoms with van der Waals surface area (Å²) in [7, 11) is 2.07. The zero-order valence-corrected chi connectivity index (χ0v) is 13.6. The lowest BCUT2D eigenvalue weighted by Crippen LogP contribution is -2.34. The van der Waals surface area contributed by atoms with Gasteiger partial charge in [-0.15, -0.1) is 0 Å². The van der Waals surface area contributed by atoms with E-state index in [9.17, 15) is 0 Å². The maximum atomic E-state index is 6.20. The molecule has 116 valence electrons. The number of nitrogens with zero attached hydrogens (tertiary/aromatic N) is 1. The van der Waals surface area contributed by atoms with Crippen molar-refractivity contribution in [2.45, 2.75) is 57.3 Å². The monoisotopic (exact) mass is 288 g/mol. The van der Waals surface area contributed by atoms with E-state index in [2.05, 4.69) is 55.4 Å². The van der Waals surface area contributed by atoms with Crippen LogP contribution in [0.25, 0.3) is 0 Å². The van der Waals surface area contributed by atoms with Crippen LogP contribution in [-0.2, 0) is 4.74 Å². The van der Waals surface area contributed by atoms with E-state index in [-0.39, 0.29) is 5.60 Å². The molecule has 1 fully saturated rings. The molecule has 0 radical (unpaired) electrons. The van der Waals surface area contributed by atoms with Gasteiger partial charge in [-0.05, 0) is 58.2 Å². The molecule has 1 aromatic carbocycles. The molecule has 3 nitrogen and oxygen atoms in total. The largest absolute Gasteiger partial charge is 0.371 e. The van der Waals surface area contributed by atoms with Crippen LogP contribution in [0.5, 0.6) is 0 Å². The predicted molar refractivity (Wildman–Crippen MR) is 87.9 cm³/mol. The molecule has 1 saturated heterocycles. The van der Waals surface area contributed by atoms with Crippen LogP contribution in [0.4, 0.5) is 5.69 Å². The number of hydrogen-bond donors (Lipinski definition) is 1. The van der Waals surface area contributed by atoms with Crippen LogP contribution in [0.15, 0.2) is 24.3 Å². The zero-order valence-electron chi connectivity index (χ0n) is 13.6. The quantitative estimate of drug-likeness (QED) is 0.921. The molecule has 1 aromatic rings. The number of nitrogens with one attached hydrogen (secondary N) is 1. The van der Waals surface area contributed by atoms with Crippen molar-refractivity contribution in [1.29, 1.82) is 0 Å². The molecule has 2 heterocycles. The van der Waals surface area contributed by atoms with Crippen LogP contribution in [0.2, 0.25) is 0 Å². The molecule has 0 amide bonds. The first-order valence-electron chi connectivity index (χ1n) is 8.28. The summed E-state index contributed by atoms with van der Waals surface area (Å²) in [5.74, 6) is 0. The Kier molecular flexibility index (Phi) is 4.23. The van der Waals surface area contributed by atoms with Gasteiger partial charge in [-0.3, -0.25) is 0 Å². The van der Waals surface area contributed by atoms with Crippen molar-refractivity contribution in [2.75, 3.05) is 25.0 Å². The van der Waals surface area contributed by atoms with Gasteiger partial charge < -0.3 is 15.0 Å². The van der Waals surface area contributed by atoms with E-state index in [1.54, 1.807) is 0 Å². The second-order valence-electron chi connectivity index (χ2n) is 7.03. The summed E-state index contributed by atoms with van der Waals surface area (Å²) >= 11 is 0. The molecule has 3 heteroatoms. The Morgan fingerprint density at radius 3 is 2.81 bits per heavy atom. The molecule has 2 aliphatic heterocycles. The maximum absolute atomic E-state index is 6.20. The van der Waals surface area contributed by atoms with E-state index < -0.39 is 0 Å². The number of benzene rings is 1. The molecule has 2 aliphatic rings. The molecule has 3 rings (SSSR count). The number of rotatable bonds is 3. The van der Waals surface area contributed by atoms with Crippen molar-refractivity contribution >= 4 is 5.69 Å². The zero-order chi connectivity index (χ0) is 14.9. The summed E-state index contributed by atoms with van der Waals surface area (Å²) in [6, 6.07) is 9.33. The Morgan fingerprint density at radius 1 is 1.29 bits per heavy atom. The van der Waals surface area contributed by atoms with Crippen molar-refractivity contribution in [3.05, 3.63) is 29.8 Å². The van der Waals surface area contributed by atoms with Crippen LogP contribution >= 0.6 is 0 Å². The highest BCUT2D eigenvalue weighted by molar-refractivity contribution is 5.56. The first-order valence-corrected chi connectivity index (χ1v) is 8.28. The smallest absolute Gasteiger partial charge is 0.0758 e. The second-order valence-corrected chi connectivity index (χ2v) is 7.03. The van der Waals surface area contributed by atoms with E-state index in [1.807, 2.05) is 0 Å². The Labute approximate surface area is 128 Å². The van der Waals surface area contributed by atoms with Crippen molar-refractivity contribution < 1.29 is 4.74 Å². The number of hydrogen-bond acceptors (Lipinski definition) is 3. The average molecular weight is 288 g/mol. The van der Waals surface area contributed by atoms with Gasteiger partial charge in [0, 0.05) is 24.8 Å². The predicted octanol–water partition coefficient (Wildman–Crippen LogP) is 3.50. The third-order valence-electron chi connectivity index (χ3n) is 4.90. The molecule has 21 heavy (non-hydrogen) atoms. The summed E-state index contributed by atoms with van der Waals surface area (Å²) in [5.41, 5.74) is 2.89. The van der Waals surface area contributed by atoms with E-state index in [0.717, 1.165) is 13.1 Å². The molecule has 2 unspecified atom stereocenters. The van der Waals surface area contributed by atoms with Gasteiger partial charge in [-0.2, -0.15) is 0 Å². The summed E-state index contributed by atoms with van der Waals surface area (Å²) < 4.78 is 6.20. The summed E-state index contributed by atoms with van der Waals surface area (Å²) in [6.45, 7) is 6.58. The minimum atomic E-state index is 0.0591. The van der Waals surface area contributed by atoms with E-state index >= 15 is 0 Å². The molecule has 0 saturated carbocycles. The van der Waals surface area contributed by atoms with Gasteiger partial charge in [-0.25, -0.2) is 0 Å². The fraction of sp³-hybridized carbons (Fsp3) is 0.667. The summed E-state index contributed by atoms with van der Waals surface area (Å²) in [6.07, 6.45) is 5.17. The van der Waals surface area contributed by atoms with Gasteiger partial charge in [0.1, 0.15) is 0 Å². The highest BCUT2D eigenvalue weighted by Gasteiger charge is 2.33. The Bertz CT molecular complexity index is 486. The topological polar surface area (TPSA) is 24.5 Å². The third kappa shape index (κ3) is 3.24. The van der Waals surface area contributed by atoms with Crippen LogP contribution in [-0.4, -0.2) is 31.8 Å². The molecule has 0 bridgehead atoms. The van der Waals surface area contributed by atoms with Gasteiger partial charge >= 0.3 is 0 Å². The van der Waals surface area contributed by atoms with Gasteiger partial charge in [0.05, 0.1) is 11.7 Å². The number of ether oxygens (including phenoxy) is 1. The van der Waals surface area contributed by atoms with Crippen molar-refractivity contribution in [1.82, 2.24) is 5.32 Å². The molecule has 0 aromatic heterocycles. The number of fused-ring (bicyclic) bond motifs is 1. The SMILES string of the molecule is CNC1CCCN(CC2CCC(C)(C)O2)c2ccccc21. The molecular weight excluding hydrogens is 260 g/mol. The number of para-hydroxylation sites is 1. The van der Waals surface area contributed by atoms with E-state index in [4.69, 9.17) is 4.74 Å². The fourth-order valence-electron chi connectivity index (χ4n) is 3.77. The van der Waals surface area contributed by atoms with Crippen molar-refractivity contribution in [2.24, 2.45) is 0 Å². The highest BCUT2D eigenvalue weighted by atomic mass is 16.5. The van der Waals surface area contributed by atoms with Crippen LogP contribution in [0.1, 0.15) is 51.1 Å². The van der Waals surface area contributed by atoms with Crippen LogP contribution in [0.3, 0.4) is 0 Å². The summed E-state index contributed by atoms with van der Waals surface area (Å²) in [4.78, 5) is 2.54. The minimum absolute atomic E-state index is 0.0591. The normalized spacial score (nSPS) is 28.2. The molecule has 2 atom stereocenters. The molecule has 0 spiro atoms. The first-order chi connectivity index (χ1) is 10.1. The standard InChI is InChI=1S/C18H28N2O/c1-18(2)11-10-14(21-18)13-20-12-6-8-16(19-3)15-7-4-5-9-17(15)20/h4-5,7,9,14,16,19H,6,8,10-13H2,1-3H3. The Hall–Kier alpha value is -1.06. The van der Waals surface area contributed by atoms with Gasteiger partial charge in [-0.1, -0.05) is 18.2 Å². The molecular formula is C18H28N2O. The van der Waals surface area contributed by atoms with Crippen molar-refractivity contribution in [3.63, 3.8) is 0 Å². The molecule has 1 N–H and O–H groups in total. The first kappa shape index (κ1) is 14.9. The third-order valence-corrected chi connectivity index (χ3v) is 4.90. The lowest BCUT2D eigenvalue weighted by Gasteiger charge is -2.29. The minimum Gasteiger partial charge on any atom is -0.371 e. The fourth-order valence-corrected chi connectivity index (χ4v) is 3.77. The van der Waals surface area contributed by atoms with Crippen molar-refractivity contribution in [3.8, 4) is 0 Å². The number of anilines is 1. The lowest BCUT2D eigenvalue weighted by molar-refractivity contribution is -0.0115. The van der Waals surface area contributed by atoms with E-state index in [1.165, 1.54) is 36.9 Å². The Balaban J connectivity index is 1.79. The second kappa shape index (κ2) is 5.98. The molecule has 0 aliphatic carbocycles. The van der Waals surface area contributed by atoms with Gasteiger partial charge in [0.15, 0.2) is 0 Å². The highest BCUT2D eigenvalue weighted by Crippen LogP contribution is 2.35. The Morgan fingerprint density at radius 2 is 2.10 bits per heavy atom. The van der Waals surface area contributed by atoms with Gasteiger partial charge in [0.25, 0.3) is 0 Å². The van der Waals surface area contributed by atoms with Gasteiger partial charge in [0.2, 0.25) is 0 Å². The van der Waals surface area contributed by atoms with E-state index in [0.29, 0.717) is 12.1 Å². The van der Waals surface area contributed by atoms with Crippen LogP contribution < -0.4 is 10.2 Å². The lowest BCUT2D eigenvalue weighted by atomic mass is 10.0. The maximum Gasteiger partial charge on any atom is 0.0758 e. The van der Waals surface area contributed by atoms with Crippen LogP contribution in [0, 0.1) is 0 Å². The average Bonchev–Trinajstić information content (AvgIpc) is 2.71.